The van der Waals surface area contributed by atoms with Gasteiger partial charge < -0.3 is 4.74 Å². The summed E-state index contributed by atoms with van der Waals surface area (Å²) in [4.78, 5) is 11.7. The maximum atomic E-state index is 13.3. The van der Waals surface area contributed by atoms with Crippen LogP contribution in [-0.2, 0) is 14.8 Å². The molecule has 0 aliphatic rings. The first-order valence-electron chi connectivity index (χ1n) is 6.13. The molecule has 0 aliphatic carbocycles. The van der Waals surface area contributed by atoms with Gasteiger partial charge in [0.2, 0.25) is 10.0 Å². The fourth-order valence-electron chi connectivity index (χ4n) is 1.48. The highest BCUT2D eigenvalue weighted by Gasteiger charge is 2.21. The highest BCUT2D eigenvalue weighted by Crippen LogP contribution is 2.28. The Balaban J connectivity index is 3.12. The molecule has 0 atom stereocenters. The number of rotatable bonds is 3. The lowest BCUT2D eigenvalue weighted by molar-refractivity contribution is 0.0636. The molecule has 0 spiro atoms. The number of hydrogen-bond acceptors (Lipinski definition) is 4. The summed E-state index contributed by atoms with van der Waals surface area (Å²) in [5, 5.41) is 2.35. The SMILES string of the molecule is CN(c1ccc(F)cc1NC(=O)OC(C)(C)C)S(C)(=O)=O. The van der Waals surface area contributed by atoms with E-state index in [0.717, 1.165) is 22.7 Å². The number of nitrogens with one attached hydrogen (secondary N) is 1. The van der Waals surface area contributed by atoms with Gasteiger partial charge in [0, 0.05) is 7.05 Å². The average Bonchev–Trinajstić information content (AvgIpc) is 2.24. The first kappa shape index (κ1) is 17.2. The van der Waals surface area contributed by atoms with Crippen LogP contribution >= 0.6 is 0 Å². The van der Waals surface area contributed by atoms with Crippen LogP contribution in [0.1, 0.15) is 20.8 Å². The smallest absolute Gasteiger partial charge is 0.412 e. The molecule has 118 valence electrons. The van der Waals surface area contributed by atoms with Gasteiger partial charge in [-0.05, 0) is 39.0 Å². The van der Waals surface area contributed by atoms with Crippen molar-refractivity contribution in [3.8, 4) is 0 Å². The number of sulfonamides is 1. The molecule has 1 aromatic rings. The summed E-state index contributed by atoms with van der Waals surface area (Å²) in [6.07, 6.45) is 0.212. The maximum absolute atomic E-state index is 13.3. The van der Waals surface area contributed by atoms with Crippen molar-refractivity contribution in [2.75, 3.05) is 22.9 Å². The summed E-state index contributed by atoms with van der Waals surface area (Å²) in [7, 11) is -2.24. The summed E-state index contributed by atoms with van der Waals surface area (Å²) in [6, 6.07) is 3.40. The standard InChI is InChI=1S/C13H19FN2O4S/c1-13(2,3)20-12(17)15-10-8-9(14)6-7-11(10)16(4)21(5,18)19/h6-8H,1-5H3,(H,15,17). The molecule has 0 saturated heterocycles. The van der Waals surface area contributed by atoms with Crippen LogP contribution in [0, 0.1) is 5.82 Å². The number of benzene rings is 1. The number of anilines is 2. The quantitative estimate of drug-likeness (QED) is 0.929. The van der Waals surface area contributed by atoms with Crippen molar-refractivity contribution in [1.29, 1.82) is 0 Å². The van der Waals surface area contributed by atoms with E-state index < -0.39 is 27.5 Å². The molecule has 0 unspecified atom stereocenters. The summed E-state index contributed by atoms with van der Waals surface area (Å²) >= 11 is 0. The predicted octanol–water partition coefficient (Wildman–Crippen LogP) is 2.57. The van der Waals surface area contributed by atoms with Crippen LogP contribution in [0.2, 0.25) is 0 Å². The van der Waals surface area contributed by atoms with Gasteiger partial charge in [0.1, 0.15) is 11.4 Å². The summed E-state index contributed by atoms with van der Waals surface area (Å²) in [6.45, 7) is 5.05. The monoisotopic (exact) mass is 318 g/mol. The minimum atomic E-state index is -3.54. The number of ether oxygens (including phenoxy) is 1. The Morgan fingerprint density at radius 3 is 2.38 bits per heavy atom. The number of nitrogens with zero attached hydrogens (tertiary/aromatic N) is 1. The van der Waals surface area contributed by atoms with Gasteiger partial charge in [-0.1, -0.05) is 0 Å². The first-order valence-corrected chi connectivity index (χ1v) is 7.98. The Morgan fingerprint density at radius 1 is 1.33 bits per heavy atom. The van der Waals surface area contributed by atoms with E-state index in [0.29, 0.717) is 0 Å². The first-order chi connectivity index (χ1) is 9.40. The van der Waals surface area contributed by atoms with E-state index >= 15 is 0 Å². The van der Waals surface area contributed by atoms with Crippen molar-refractivity contribution in [1.82, 2.24) is 0 Å². The second-order valence-electron chi connectivity index (χ2n) is 5.52. The molecule has 0 heterocycles. The highest BCUT2D eigenvalue weighted by molar-refractivity contribution is 7.92. The molecule has 6 nitrogen and oxygen atoms in total. The van der Waals surface area contributed by atoms with Crippen LogP contribution in [0.4, 0.5) is 20.6 Å². The molecule has 0 bridgehead atoms. The van der Waals surface area contributed by atoms with Crippen molar-refractivity contribution in [2.45, 2.75) is 26.4 Å². The molecule has 0 fully saturated rings. The summed E-state index contributed by atoms with van der Waals surface area (Å²) < 4.78 is 42.5. The van der Waals surface area contributed by atoms with Gasteiger partial charge in [0.25, 0.3) is 0 Å². The maximum Gasteiger partial charge on any atom is 0.412 e. The van der Waals surface area contributed by atoms with E-state index in [9.17, 15) is 17.6 Å². The van der Waals surface area contributed by atoms with Crippen molar-refractivity contribution >= 4 is 27.5 Å². The van der Waals surface area contributed by atoms with Gasteiger partial charge >= 0.3 is 6.09 Å². The normalized spacial score (nSPS) is 11.9. The number of carbonyl (C=O) groups excluding carboxylic acids is 1. The second-order valence-corrected chi connectivity index (χ2v) is 7.53. The van der Waals surface area contributed by atoms with E-state index in [2.05, 4.69) is 5.32 Å². The van der Waals surface area contributed by atoms with Crippen molar-refractivity contribution in [2.24, 2.45) is 0 Å². The molecule has 21 heavy (non-hydrogen) atoms. The molecule has 8 heteroatoms. The van der Waals surface area contributed by atoms with Crippen molar-refractivity contribution in [3.63, 3.8) is 0 Å². The molecule has 0 radical (unpaired) electrons. The lowest BCUT2D eigenvalue weighted by Crippen LogP contribution is -2.29. The van der Waals surface area contributed by atoms with E-state index in [1.807, 2.05) is 0 Å². The molecule has 0 saturated carbocycles. The molecule has 0 aromatic heterocycles. The average molecular weight is 318 g/mol. The highest BCUT2D eigenvalue weighted by atomic mass is 32.2. The third-order valence-corrected chi connectivity index (χ3v) is 3.62. The molecule has 1 amide bonds. The Hall–Kier alpha value is -1.83. The van der Waals surface area contributed by atoms with Gasteiger partial charge in [-0.15, -0.1) is 0 Å². The Morgan fingerprint density at radius 2 is 1.90 bits per heavy atom. The summed E-state index contributed by atoms with van der Waals surface area (Å²) in [5.74, 6) is -0.605. The minimum Gasteiger partial charge on any atom is -0.444 e. The lowest BCUT2D eigenvalue weighted by Gasteiger charge is -2.23. The van der Waals surface area contributed by atoms with E-state index in [1.54, 1.807) is 20.8 Å². The van der Waals surface area contributed by atoms with Crippen LogP contribution < -0.4 is 9.62 Å². The molecule has 0 aliphatic heterocycles. The molecular weight excluding hydrogens is 299 g/mol. The number of halogens is 1. The van der Waals surface area contributed by atoms with Gasteiger partial charge in [-0.25, -0.2) is 17.6 Å². The van der Waals surface area contributed by atoms with Gasteiger partial charge in [0.05, 0.1) is 17.6 Å². The Kier molecular flexibility index (Phi) is 4.83. The topological polar surface area (TPSA) is 75.7 Å². The van der Waals surface area contributed by atoms with E-state index in [1.165, 1.54) is 13.1 Å². The zero-order valence-corrected chi connectivity index (χ0v) is 13.4. The molecule has 1 rings (SSSR count). The lowest BCUT2D eigenvalue weighted by atomic mass is 10.2. The summed E-state index contributed by atoms with van der Waals surface area (Å²) in [5.41, 5.74) is -0.567. The molecule has 1 N–H and O–H groups in total. The van der Waals surface area contributed by atoms with Crippen molar-refractivity contribution < 1.29 is 22.3 Å². The molecular formula is C13H19FN2O4S. The third-order valence-electron chi connectivity index (χ3n) is 2.43. The van der Waals surface area contributed by atoms with Crippen LogP contribution in [0.25, 0.3) is 0 Å². The van der Waals surface area contributed by atoms with E-state index in [-0.39, 0.29) is 11.4 Å². The van der Waals surface area contributed by atoms with Crippen LogP contribution in [0.15, 0.2) is 18.2 Å². The zero-order chi connectivity index (χ0) is 16.4. The van der Waals surface area contributed by atoms with Gasteiger partial charge in [-0.3, -0.25) is 9.62 Å². The van der Waals surface area contributed by atoms with Crippen molar-refractivity contribution in [3.05, 3.63) is 24.0 Å². The van der Waals surface area contributed by atoms with Crippen LogP contribution in [0.3, 0.4) is 0 Å². The number of carbonyl (C=O) groups is 1. The van der Waals surface area contributed by atoms with Gasteiger partial charge in [-0.2, -0.15) is 0 Å². The fraction of sp³-hybridized carbons (Fsp3) is 0.462. The predicted molar refractivity (Wildman–Crippen MR) is 79.5 cm³/mol. The third kappa shape index (κ3) is 5.22. The van der Waals surface area contributed by atoms with Crippen LogP contribution in [0.5, 0.6) is 0 Å². The fourth-order valence-corrected chi connectivity index (χ4v) is 1.99. The number of amides is 1. The minimum absolute atomic E-state index is 0.0113. The van der Waals surface area contributed by atoms with Gasteiger partial charge in [0.15, 0.2) is 0 Å². The largest absolute Gasteiger partial charge is 0.444 e. The Labute approximate surface area is 123 Å². The van der Waals surface area contributed by atoms with E-state index in [4.69, 9.17) is 4.74 Å². The second kappa shape index (κ2) is 5.88. The van der Waals surface area contributed by atoms with Crippen LogP contribution in [-0.4, -0.2) is 33.4 Å². The zero-order valence-electron chi connectivity index (χ0n) is 12.6. The molecule has 1 aromatic carbocycles. The number of hydrogen-bond donors (Lipinski definition) is 1. The Bertz CT molecular complexity index is 638.